The Balaban J connectivity index is 2.86. The van der Waals surface area contributed by atoms with Crippen LogP contribution in [0.25, 0.3) is 0 Å². The Hall–Kier alpha value is -2.04. The highest BCUT2D eigenvalue weighted by Gasteiger charge is 2.31. The summed E-state index contributed by atoms with van der Waals surface area (Å²) in [6, 6.07) is 7.80. The van der Waals surface area contributed by atoms with E-state index in [4.69, 9.17) is 0 Å². The molecule has 1 rings (SSSR count). The monoisotopic (exact) mass is 249 g/mol. The molecule has 0 aromatic heterocycles. The van der Waals surface area contributed by atoms with Crippen LogP contribution in [0.4, 0.5) is 0 Å². The zero-order valence-corrected chi connectivity index (χ0v) is 10.3. The maximum Gasteiger partial charge on any atom is 0.374 e. The van der Waals surface area contributed by atoms with Gasteiger partial charge in [-0.05, 0) is 12.5 Å². The maximum atomic E-state index is 11.7. The van der Waals surface area contributed by atoms with Crippen LogP contribution in [-0.4, -0.2) is 18.4 Å². The van der Waals surface area contributed by atoms with Crippen molar-refractivity contribution in [3.63, 3.8) is 0 Å². The Morgan fingerprint density at radius 1 is 1.28 bits per heavy atom. The summed E-state index contributed by atoms with van der Waals surface area (Å²) < 4.78 is 4.62. The van der Waals surface area contributed by atoms with Crippen LogP contribution < -0.4 is 0 Å². The number of hydrogen-bond donors (Lipinski definition) is 0. The third kappa shape index (κ3) is 3.23. The topological polar surface area (TPSA) is 72.8 Å². The minimum Gasteiger partial charge on any atom is -0.460 e. The number of carbonyl (C=O) groups is 2. The van der Waals surface area contributed by atoms with Crippen molar-refractivity contribution in [1.29, 1.82) is 0 Å². The van der Waals surface area contributed by atoms with Crippen LogP contribution in [0.5, 0.6) is 0 Å². The minimum absolute atomic E-state index is 0.127. The lowest BCUT2D eigenvalue weighted by molar-refractivity contribution is -0.155. The van der Waals surface area contributed by atoms with Gasteiger partial charge in [-0.15, -0.1) is 0 Å². The van der Waals surface area contributed by atoms with Crippen LogP contribution in [0.3, 0.4) is 0 Å². The number of rotatable bonds is 6. The van der Waals surface area contributed by atoms with Crippen LogP contribution in [-0.2, 0) is 14.3 Å². The molecule has 5 heteroatoms. The predicted octanol–water partition coefficient (Wildman–Crippen LogP) is 2.26. The lowest BCUT2D eigenvalue weighted by atomic mass is 9.92. The second-order valence-corrected chi connectivity index (χ2v) is 3.83. The van der Waals surface area contributed by atoms with Gasteiger partial charge in [0.1, 0.15) is 6.04 Å². The van der Waals surface area contributed by atoms with E-state index in [1.165, 1.54) is 6.92 Å². The van der Waals surface area contributed by atoms with Crippen molar-refractivity contribution in [1.82, 2.24) is 0 Å². The molecular formula is C13H15NO4. The van der Waals surface area contributed by atoms with Gasteiger partial charge in [0.25, 0.3) is 0 Å². The molecule has 18 heavy (non-hydrogen) atoms. The van der Waals surface area contributed by atoms with Gasteiger partial charge in [-0.1, -0.05) is 42.4 Å². The van der Waals surface area contributed by atoms with Gasteiger partial charge in [0.2, 0.25) is 5.78 Å². The zero-order valence-electron chi connectivity index (χ0n) is 10.3. The van der Waals surface area contributed by atoms with E-state index in [1.807, 2.05) is 0 Å². The van der Waals surface area contributed by atoms with Gasteiger partial charge in [-0.2, -0.15) is 4.91 Å². The second kappa shape index (κ2) is 6.64. The van der Waals surface area contributed by atoms with E-state index in [1.54, 1.807) is 37.3 Å². The largest absolute Gasteiger partial charge is 0.460 e. The zero-order chi connectivity index (χ0) is 13.5. The van der Waals surface area contributed by atoms with E-state index >= 15 is 0 Å². The van der Waals surface area contributed by atoms with Crippen molar-refractivity contribution in [2.45, 2.75) is 19.9 Å². The predicted molar refractivity (Wildman–Crippen MR) is 65.8 cm³/mol. The number of ether oxygens (including phenoxy) is 1. The fourth-order valence-corrected chi connectivity index (χ4v) is 1.62. The minimum atomic E-state index is -0.922. The van der Waals surface area contributed by atoms with Gasteiger partial charge in [0.05, 0.1) is 12.5 Å². The smallest absolute Gasteiger partial charge is 0.374 e. The van der Waals surface area contributed by atoms with Gasteiger partial charge in [0, 0.05) is 0 Å². The van der Waals surface area contributed by atoms with E-state index in [2.05, 4.69) is 9.91 Å². The molecule has 5 nitrogen and oxygen atoms in total. The van der Waals surface area contributed by atoms with Crippen LogP contribution in [0, 0.1) is 10.8 Å². The summed E-state index contributed by atoms with van der Waals surface area (Å²) in [7, 11) is 0. The molecule has 1 aromatic carbocycles. The van der Waals surface area contributed by atoms with E-state index in [0.29, 0.717) is 5.56 Å². The standard InChI is InChI=1S/C13H15NO4/c1-3-18-13(16)12(15)9(2)11(14-17)10-7-5-4-6-8-10/h4-9,11H,3H2,1-2H3. The lowest BCUT2D eigenvalue weighted by Gasteiger charge is -2.15. The van der Waals surface area contributed by atoms with Crippen molar-refractivity contribution >= 4 is 11.8 Å². The van der Waals surface area contributed by atoms with E-state index in [-0.39, 0.29) is 6.61 Å². The summed E-state index contributed by atoms with van der Waals surface area (Å²) in [6.45, 7) is 3.24. The summed E-state index contributed by atoms with van der Waals surface area (Å²) in [5.41, 5.74) is 0.609. The number of carbonyl (C=O) groups excluding carboxylic acids is 2. The SMILES string of the molecule is CCOC(=O)C(=O)C(C)C(N=O)c1ccccc1. The second-order valence-electron chi connectivity index (χ2n) is 3.83. The molecule has 0 bridgehead atoms. The summed E-state index contributed by atoms with van der Waals surface area (Å²) in [4.78, 5) is 33.9. The molecule has 0 aliphatic heterocycles. The number of nitrogens with zero attached hydrogens (tertiary/aromatic N) is 1. The molecular weight excluding hydrogens is 234 g/mol. The van der Waals surface area contributed by atoms with Crippen LogP contribution in [0.15, 0.2) is 35.5 Å². The first-order chi connectivity index (χ1) is 8.61. The quantitative estimate of drug-likeness (QED) is 0.440. The third-order valence-electron chi connectivity index (χ3n) is 2.62. The van der Waals surface area contributed by atoms with E-state index in [0.717, 1.165) is 0 Å². The summed E-state index contributed by atoms with van der Waals surface area (Å²) in [5, 5.41) is 2.94. The highest BCUT2D eigenvalue weighted by atomic mass is 16.5. The number of ketones is 1. The Bertz CT molecular complexity index is 430. The number of hydrogen-bond acceptors (Lipinski definition) is 5. The van der Waals surface area contributed by atoms with Crippen molar-refractivity contribution in [2.24, 2.45) is 11.1 Å². The summed E-state index contributed by atoms with van der Waals surface area (Å²) >= 11 is 0. The number of benzene rings is 1. The van der Waals surface area contributed by atoms with Gasteiger partial charge < -0.3 is 4.74 Å². The molecule has 0 aliphatic carbocycles. The van der Waals surface area contributed by atoms with Crippen molar-refractivity contribution in [3.8, 4) is 0 Å². The molecule has 0 spiro atoms. The molecule has 1 aromatic rings. The van der Waals surface area contributed by atoms with Gasteiger partial charge in [-0.3, -0.25) is 4.79 Å². The number of nitroso groups, excluding NO2 is 1. The molecule has 2 unspecified atom stereocenters. The lowest BCUT2D eigenvalue weighted by Crippen LogP contribution is -2.27. The van der Waals surface area contributed by atoms with Crippen molar-refractivity contribution in [2.75, 3.05) is 6.61 Å². The maximum absolute atomic E-state index is 11.7. The molecule has 0 aliphatic rings. The highest BCUT2D eigenvalue weighted by molar-refractivity contribution is 6.34. The fourth-order valence-electron chi connectivity index (χ4n) is 1.62. The first kappa shape index (κ1) is 14.0. The molecule has 0 fully saturated rings. The Morgan fingerprint density at radius 2 is 1.89 bits per heavy atom. The van der Waals surface area contributed by atoms with E-state index < -0.39 is 23.7 Å². The van der Waals surface area contributed by atoms with Crippen LogP contribution in [0.2, 0.25) is 0 Å². The van der Waals surface area contributed by atoms with Crippen LogP contribution in [0.1, 0.15) is 25.5 Å². The molecule has 96 valence electrons. The van der Waals surface area contributed by atoms with Crippen LogP contribution >= 0.6 is 0 Å². The average Bonchev–Trinajstić information content (AvgIpc) is 2.40. The Labute approximate surface area is 105 Å². The first-order valence-electron chi connectivity index (χ1n) is 5.70. The first-order valence-corrected chi connectivity index (χ1v) is 5.70. The number of esters is 1. The normalized spacial score (nSPS) is 13.4. The summed E-state index contributed by atoms with van der Waals surface area (Å²) in [5.74, 6) is -2.48. The third-order valence-corrected chi connectivity index (χ3v) is 2.62. The van der Waals surface area contributed by atoms with Crippen molar-refractivity contribution in [3.05, 3.63) is 40.8 Å². The van der Waals surface area contributed by atoms with E-state index in [9.17, 15) is 14.5 Å². The molecule has 0 radical (unpaired) electrons. The molecule has 2 atom stereocenters. The average molecular weight is 249 g/mol. The Kier molecular flexibility index (Phi) is 5.17. The molecule has 0 amide bonds. The van der Waals surface area contributed by atoms with Gasteiger partial charge in [-0.25, -0.2) is 4.79 Å². The fraction of sp³-hybridized carbons (Fsp3) is 0.385. The molecule has 0 saturated heterocycles. The van der Waals surface area contributed by atoms with Gasteiger partial charge in [0.15, 0.2) is 0 Å². The molecule has 0 N–H and O–H groups in total. The van der Waals surface area contributed by atoms with Gasteiger partial charge >= 0.3 is 5.97 Å². The Morgan fingerprint density at radius 3 is 2.39 bits per heavy atom. The number of Topliss-reactive ketones (excluding diaryl/α,β-unsaturated/α-hetero) is 1. The summed E-state index contributed by atoms with van der Waals surface area (Å²) in [6.07, 6.45) is 0. The van der Waals surface area contributed by atoms with Crippen molar-refractivity contribution < 1.29 is 14.3 Å². The molecule has 0 saturated carbocycles. The molecule has 0 heterocycles. The highest BCUT2D eigenvalue weighted by Crippen LogP contribution is 2.26.